The van der Waals surface area contributed by atoms with E-state index in [1.165, 1.54) is 13.3 Å². The van der Waals surface area contributed by atoms with E-state index in [0.717, 1.165) is 0 Å². The van der Waals surface area contributed by atoms with E-state index in [2.05, 4.69) is 14.7 Å². The van der Waals surface area contributed by atoms with Crippen LogP contribution < -0.4 is 4.72 Å². The minimum Gasteiger partial charge on any atom is -0.468 e. The number of carbonyl (C=O) groups excluding carboxylic acids is 1. The molecule has 0 aromatic carbocycles. The van der Waals surface area contributed by atoms with Crippen LogP contribution in [0.1, 0.15) is 18.5 Å². The molecule has 1 aliphatic rings. The molecule has 1 saturated heterocycles. The van der Waals surface area contributed by atoms with Crippen LogP contribution in [0.25, 0.3) is 0 Å². The molecule has 0 aliphatic carbocycles. The van der Waals surface area contributed by atoms with Crippen molar-refractivity contribution >= 4 is 23.2 Å². The van der Waals surface area contributed by atoms with Crippen LogP contribution in [0.5, 0.6) is 0 Å². The molecule has 2 heterocycles. The Morgan fingerprint density at radius 3 is 2.85 bits per heavy atom. The van der Waals surface area contributed by atoms with Gasteiger partial charge in [-0.25, -0.2) is 14.2 Å². The zero-order valence-electron chi connectivity index (χ0n) is 10.9. The molecule has 1 atom stereocenters. The summed E-state index contributed by atoms with van der Waals surface area (Å²) in [6.45, 7) is 0.849. The SMILES string of the molecule is COC(=O)C1(c2ccnc(NS(=O)O)n2)CCOCC1. The zero-order valence-corrected chi connectivity index (χ0v) is 11.7. The largest absolute Gasteiger partial charge is 0.468 e. The fourth-order valence-corrected chi connectivity index (χ4v) is 2.49. The van der Waals surface area contributed by atoms with Crippen LogP contribution in [0.15, 0.2) is 12.3 Å². The van der Waals surface area contributed by atoms with Crippen LogP contribution in [0.4, 0.5) is 5.95 Å². The second-order valence-electron chi connectivity index (χ2n) is 4.30. The van der Waals surface area contributed by atoms with E-state index in [-0.39, 0.29) is 5.95 Å². The lowest BCUT2D eigenvalue weighted by molar-refractivity contribution is -0.151. The quantitative estimate of drug-likeness (QED) is 0.605. The van der Waals surface area contributed by atoms with Gasteiger partial charge in [-0.3, -0.25) is 14.1 Å². The monoisotopic (exact) mass is 301 g/mol. The van der Waals surface area contributed by atoms with Crippen LogP contribution in [0.2, 0.25) is 0 Å². The maximum atomic E-state index is 12.2. The van der Waals surface area contributed by atoms with Crippen molar-refractivity contribution in [1.82, 2.24) is 9.97 Å². The van der Waals surface area contributed by atoms with E-state index in [0.29, 0.717) is 31.7 Å². The molecule has 0 bridgehead atoms. The molecule has 9 heteroatoms. The maximum absolute atomic E-state index is 12.2. The minimum atomic E-state index is -2.27. The van der Waals surface area contributed by atoms with Crippen molar-refractivity contribution in [2.75, 3.05) is 25.0 Å². The van der Waals surface area contributed by atoms with Gasteiger partial charge in [0.2, 0.25) is 5.95 Å². The highest BCUT2D eigenvalue weighted by molar-refractivity contribution is 7.80. The Labute approximate surface area is 118 Å². The first-order valence-corrected chi connectivity index (χ1v) is 7.06. The molecule has 1 unspecified atom stereocenters. The van der Waals surface area contributed by atoms with Gasteiger partial charge >= 0.3 is 5.97 Å². The standard InChI is InChI=1S/C11H15N3O5S/c1-18-9(15)11(3-6-19-7-4-11)8-2-5-12-10(13-8)14-20(16)17/h2,5H,3-4,6-7H2,1H3,(H,16,17)(H,12,13,14). The molecule has 0 radical (unpaired) electrons. The summed E-state index contributed by atoms with van der Waals surface area (Å²) in [6, 6.07) is 1.60. The molecule has 1 fully saturated rings. The van der Waals surface area contributed by atoms with Crippen LogP contribution in [-0.2, 0) is 30.9 Å². The Morgan fingerprint density at radius 1 is 1.55 bits per heavy atom. The summed E-state index contributed by atoms with van der Waals surface area (Å²) in [5, 5.41) is 0. The highest BCUT2D eigenvalue weighted by Crippen LogP contribution is 2.35. The van der Waals surface area contributed by atoms with E-state index in [1.54, 1.807) is 6.07 Å². The number of nitrogens with zero attached hydrogens (tertiary/aromatic N) is 2. The van der Waals surface area contributed by atoms with Gasteiger partial charge in [-0.05, 0) is 18.9 Å². The third-order valence-electron chi connectivity index (χ3n) is 3.25. The van der Waals surface area contributed by atoms with Gasteiger partial charge in [-0.2, -0.15) is 0 Å². The normalized spacial score (nSPS) is 19.1. The third kappa shape index (κ3) is 2.94. The molecular formula is C11H15N3O5S. The van der Waals surface area contributed by atoms with E-state index in [9.17, 15) is 9.00 Å². The van der Waals surface area contributed by atoms with Gasteiger partial charge in [-0.15, -0.1) is 0 Å². The average molecular weight is 301 g/mol. The summed E-state index contributed by atoms with van der Waals surface area (Å²) >= 11 is -2.27. The lowest BCUT2D eigenvalue weighted by Crippen LogP contribution is -2.43. The first kappa shape index (κ1) is 14.8. The number of methoxy groups -OCH3 is 1. The van der Waals surface area contributed by atoms with Gasteiger partial charge in [0.05, 0.1) is 12.8 Å². The summed E-state index contributed by atoms with van der Waals surface area (Å²) in [6.07, 6.45) is 2.31. The molecule has 0 saturated carbocycles. The van der Waals surface area contributed by atoms with Gasteiger partial charge in [0.25, 0.3) is 11.3 Å². The smallest absolute Gasteiger partial charge is 0.318 e. The summed E-state index contributed by atoms with van der Waals surface area (Å²) < 4.78 is 31.9. The molecule has 1 aromatic heterocycles. The lowest BCUT2D eigenvalue weighted by atomic mass is 9.77. The van der Waals surface area contributed by atoms with E-state index < -0.39 is 22.7 Å². The Balaban J connectivity index is 2.38. The van der Waals surface area contributed by atoms with Crippen molar-refractivity contribution in [3.63, 3.8) is 0 Å². The van der Waals surface area contributed by atoms with E-state index in [1.807, 2.05) is 0 Å². The fourth-order valence-electron chi connectivity index (χ4n) is 2.23. The maximum Gasteiger partial charge on any atom is 0.318 e. The molecule has 110 valence electrons. The Kier molecular flexibility index (Phi) is 4.63. The molecule has 20 heavy (non-hydrogen) atoms. The number of hydrogen-bond donors (Lipinski definition) is 2. The number of carbonyl (C=O) groups is 1. The molecule has 1 aromatic rings. The molecule has 0 amide bonds. The molecular weight excluding hydrogens is 286 g/mol. The second-order valence-corrected chi connectivity index (χ2v) is 5.01. The minimum absolute atomic E-state index is 0.0156. The molecule has 0 spiro atoms. The first-order chi connectivity index (χ1) is 9.58. The van der Waals surface area contributed by atoms with E-state index >= 15 is 0 Å². The number of ether oxygens (including phenoxy) is 2. The van der Waals surface area contributed by atoms with Crippen molar-refractivity contribution in [2.24, 2.45) is 0 Å². The number of aromatic nitrogens is 2. The summed E-state index contributed by atoms with van der Waals surface area (Å²) in [4.78, 5) is 20.1. The van der Waals surface area contributed by atoms with Crippen LogP contribution >= 0.6 is 0 Å². The Bertz CT molecular complexity index is 519. The molecule has 2 rings (SSSR count). The van der Waals surface area contributed by atoms with Gasteiger partial charge in [0, 0.05) is 19.4 Å². The van der Waals surface area contributed by atoms with Crippen molar-refractivity contribution in [3.05, 3.63) is 18.0 Å². The van der Waals surface area contributed by atoms with Crippen LogP contribution in [-0.4, -0.2) is 45.0 Å². The van der Waals surface area contributed by atoms with Crippen molar-refractivity contribution in [1.29, 1.82) is 0 Å². The van der Waals surface area contributed by atoms with Crippen molar-refractivity contribution in [2.45, 2.75) is 18.3 Å². The lowest BCUT2D eigenvalue weighted by Gasteiger charge is -2.33. The molecule has 1 aliphatic heterocycles. The topological polar surface area (TPSA) is 111 Å². The summed E-state index contributed by atoms with van der Waals surface area (Å²) in [5.74, 6) is -0.409. The third-order valence-corrected chi connectivity index (χ3v) is 3.60. The highest BCUT2D eigenvalue weighted by Gasteiger charge is 2.44. The van der Waals surface area contributed by atoms with Crippen LogP contribution in [0.3, 0.4) is 0 Å². The first-order valence-electron chi connectivity index (χ1n) is 5.96. The predicted molar refractivity (Wildman–Crippen MR) is 70.2 cm³/mol. The Hall–Kier alpha value is -1.58. The Morgan fingerprint density at radius 2 is 2.25 bits per heavy atom. The summed E-state index contributed by atoms with van der Waals surface area (Å²) in [7, 11) is 1.32. The summed E-state index contributed by atoms with van der Waals surface area (Å²) in [5.41, 5.74) is -0.445. The zero-order chi connectivity index (χ0) is 14.6. The van der Waals surface area contributed by atoms with Gasteiger partial charge in [0.15, 0.2) is 0 Å². The number of hydrogen-bond acceptors (Lipinski definition) is 6. The average Bonchev–Trinajstić information content (AvgIpc) is 2.46. The van der Waals surface area contributed by atoms with Crippen molar-refractivity contribution in [3.8, 4) is 0 Å². The predicted octanol–water partition coefficient (Wildman–Crippen LogP) is 0.246. The van der Waals surface area contributed by atoms with Gasteiger partial charge in [0.1, 0.15) is 5.41 Å². The van der Waals surface area contributed by atoms with Crippen LogP contribution in [0, 0.1) is 0 Å². The van der Waals surface area contributed by atoms with Crippen molar-refractivity contribution < 1.29 is 23.0 Å². The van der Waals surface area contributed by atoms with Gasteiger partial charge < -0.3 is 9.47 Å². The number of nitrogens with one attached hydrogen (secondary N) is 1. The number of esters is 1. The molecule has 2 N–H and O–H groups in total. The molecule has 8 nitrogen and oxygen atoms in total. The number of anilines is 1. The van der Waals surface area contributed by atoms with E-state index in [4.69, 9.17) is 14.0 Å². The number of rotatable bonds is 4. The fraction of sp³-hybridized carbons (Fsp3) is 0.545. The highest BCUT2D eigenvalue weighted by atomic mass is 32.2. The van der Waals surface area contributed by atoms with Gasteiger partial charge in [-0.1, -0.05) is 0 Å². The second kappa shape index (κ2) is 6.25.